The number of nitrogens with zero attached hydrogens (tertiary/aromatic N) is 4. The molecular weight excluding hydrogens is 332 g/mol. The summed E-state index contributed by atoms with van der Waals surface area (Å²) in [7, 11) is 0. The third kappa shape index (κ3) is 3.11. The summed E-state index contributed by atoms with van der Waals surface area (Å²) >= 11 is 1.48. The van der Waals surface area contributed by atoms with E-state index in [9.17, 15) is 4.79 Å². The summed E-state index contributed by atoms with van der Waals surface area (Å²) in [5.41, 5.74) is 2.30. The highest BCUT2D eigenvalue weighted by molar-refractivity contribution is 7.99. The topological polar surface area (TPSA) is 51.0 Å². The van der Waals surface area contributed by atoms with Crippen LogP contribution in [0.25, 0.3) is 0 Å². The van der Waals surface area contributed by atoms with Crippen molar-refractivity contribution in [3.05, 3.63) is 48.3 Å². The smallest absolute Gasteiger partial charge is 0.237 e. The zero-order valence-corrected chi connectivity index (χ0v) is 15.2. The molecule has 0 N–H and O–H groups in total. The van der Waals surface area contributed by atoms with Gasteiger partial charge in [-0.05, 0) is 37.8 Å². The largest absolute Gasteiger partial charge is 0.308 e. The quantitative estimate of drug-likeness (QED) is 0.589. The van der Waals surface area contributed by atoms with Crippen molar-refractivity contribution in [2.24, 2.45) is 0 Å². The van der Waals surface area contributed by atoms with Gasteiger partial charge in [-0.15, -0.1) is 16.8 Å². The number of benzene rings is 1. The molecule has 4 rings (SSSR count). The summed E-state index contributed by atoms with van der Waals surface area (Å²) in [5, 5.41) is 9.47. The molecule has 1 aliphatic heterocycles. The molecule has 0 radical (unpaired) electrons. The minimum atomic E-state index is 0.128. The number of thioether (sulfide) groups is 1. The van der Waals surface area contributed by atoms with Gasteiger partial charge in [-0.25, -0.2) is 0 Å². The predicted molar refractivity (Wildman–Crippen MR) is 100 cm³/mol. The molecule has 2 heterocycles. The zero-order chi connectivity index (χ0) is 17.4. The molecule has 1 aromatic heterocycles. The van der Waals surface area contributed by atoms with Gasteiger partial charge in [0.1, 0.15) is 5.82 Å². The monoisotopic (exact) mass is 354 g/mol. The van der Waals surface area contributed by atoms with Crippen LogP contribution in [-0.2, 0) is 17.8 Å². The maximum atomic E-state index is 12.8. The fourth-order valence-electron chi connectivity index (χ4n) is 3.49. The van der Waals surface area contributed by atoms with Crippen LogP contribution < -0.4 is 4.90 Å². The summed E-state index contributed by atoms with van der Waals surface area (Å²) in [6, 6.07) is 8.37. The minimum Gasteiger partial charge on any atom is -0.308 e. The molecular formula is C19H22N4OS. The number of amides is 1. The third-order valence-electron chi connectivity index (χ3n) is 4.80. The SMILES string of the molecule is C=CCn1c(SCC(=O)N2c3ccccc3CC2C)nnc1C1CC1. The predicted octanol–water partition coefficient (Wildman–Crippen LogP) is 3.41. The van der Waals surface area contributed by atoms with Crippen molar-refractivity contribution >= 4 is 23.4 Å². The van der Waals surface area contributed by atoms with Gasteiger partial charge in [0.25, 0.3) is 0 Å². The van der Waals surface area contributed by atoms with Crippen LogP contribution in [0.5, 0.6) is 0 Å². The maximum Gasteiger partial charge on any atom is 0.237 e. The number of fused-ring (bicyclic) bond motifs is 1. The van der Waals surface area contributed by atoms with Gasteiger partial charge in [0.2, 0.25) is 5.91 Å². The van der Waals surface area contributed by atoms with Crippen molar-refractivity contribution in [3.63, 3.8) is 0 Å². The first kappa shape index (κ1) is 16.4. The van der Waals surface area contributed by atoms with Crippen molar-refractivity contribution in [1.82, 2.24) is 14.8 Å². The summed E-state index contributed by atoms with van der Waals surface area (Å²) in [4.78, 5) is 14.8. The Morgan fingerprint density at radius 3 is 2.92 bits per heavy atom. The first-order valence-electron chi connectivity index (χ1n) is 8.75. The fraction of sp³-hybridized carbons (Fsp3) is 0.421. The summed E-state index contributed by atoms with van der Waals surface area (Å²) in [5.74, 6) is 2.07. The molecule has 1 fully saturated rings. The summed E-state index contributed by atoms with van der Waals surface area (Å²) < 4.78 is 2.10. The van der Waals surface area contributed by atoms with E-state index in [4.69, 9.17) is 0 Å². The lowest BCUT2D eigenvalue weighted by molar-refractivity contribution is -0.116. The van der Waals surface area contributed by atoms with E-state index in [0.29, 0.717) is 18.2 Å². The zero-order valence-electron chi connectivity index (χ0n) is 14.4. The maximum absolute atomic E-state index is 12.8. The molecule has 0 bridgehead atoms. The van der Waals surface area contributed by atoms with E-state index < -0.39 is 0 Å². The summed E-state index contributed by atoms with van der Waals surface area (Å²) in [6.45, 7) is 6.63. The molecule has 2 aliphatic rings. The standard InChI is InChI=1S/C19H22N4OS/c1-3-10-22-18(14-8-9-14)20-21-19(22)25-12-17(24)23-13(2)11-15-6-4-5-7-16(15)23/h3-7,13-14H,1,8-12H2,2H3. The fourth-order valence-corrected chi connectivity index (χ4v) is 4.31. The second kappa shape index (κ2) is 6.67. The van der Waals surface area contributed by atoms with Gasteiger partial charge in [-0.3, -0.25) is 4.79 Å². The second-order valence-corrected chi connectivity index (χ2v) is 7.69. The first-order valence-corrected chi connectivity index (χ1v) is 9.74. The van der Waals surface area contributed by atoms with Crippen molar-refractivity contribution in [2.75, 3.05) is 10.7 Å². The normalized spacial score (nSPS) is 19.1. The highest BCUT2D eigenvalue weighted by Crippen LogP contribution is 2.40. The second-order valence-electron chi connectivity index (χ2n) is 6.75. The number of anilines is 1. The Balaban J connectivity index is 1.48. The van der Waals surface area contributed by atoms with E-state index in [0.717, 1.165) is 23.1 Å². The Morgan fingerprint density at radius 1 is 1.36 bits per heavy atom. The number of para-hydroxylation sites is 1. The highest BCUT2D eigenvalue weighted by Gasteiger charge is 2.32. The number of aromatic nitrogens is 3. The van der Waals surface area contributed by atoms with E-state index >= 15 is 0 Å². The average molecular weight is 354 g/mol. The number of carbonyl (C=O) groups excluding carboxylic acids is 1. The van der Waals surface area contributed by atoms with Crippen molar-refractivity contribution < 1.29 is 4.79 Å². The minimum absolute atomic E-state index is 0.128. The lowest BCUT2D eigenvalue weighted by atomic mass is 10.1. The molecule has 25 heavy (non-hydrogen) atoms. The molecule has 1 atom stereocenters. The number of rotatable bonds is 6. The van der Waals surface area contributed by atoms with Crippen LogP contribution in [0.2, 0.25) is 0 Å². The van der Waals surface area contributed by atoms with Gasteiger partial charge in [-0.1, -0.05) is 36.0 Å². The number of allylic oxidation sites excluding steroid dienone is 1. The van der Waals surface area contributed by atoms with Crippen LogP contribution >= 0.6 is 11.8 Å². The molecule has 6 heteroatoms. The van der Waals surface area contributed by atoms with Gasteiger partial charge < -0.3 is 9.47 Å². The van der Waals surface area contributed by atoms with E-state index in [1.807, 2.05) is 29.2 Å². The van der Waals surface area contributed by atoms with Crippen LogP contribution in [0.4, 0.5) is 5.69 Å². The molecule has 5 nitrogen and oxygen atoms in total. The number of carbonyl (C=O) groups is 1. The lowest BCUT2D eigenvalue weighted by Gasteiger charge is -2.22. The molecule has 1 unspecified atom stereocenters. The Hall–Kier alpha value is -2.08. The van der Waals surface area contributed by atoms with Gasteiger partial charge in [0.05, 0.1) is 5.75 Å². The number of hydrogen-bond donors (Lipinski definition) is 0. The third-order valence-corrected chi connectivity index (χ3v) is 5.75. The molecule has 1 saturated carbocycles. The van der Waals surface area contributed by atoms with Crippen LogP contribution in [0.1, 0.15) is 37.1 Å². The molecule has 2 aromatic rings. The van der Waals surface area contributed by atoms with Crippen molar-refractivity contribution in [2.45, 2.75) is 49.8 Å². The first-order chi connectivity index (χ1) is 12.2. The van der Waals surface area contributed by atoms with Crippen LogP contribution in [0, 0.1) is 0 Å². The molecule has 130 valence electrons. The average Bonchev–Trinajstić information content (AvgIpc) is 3.28. The van der Waals surface area contributed by atoms with Gasteiger partial charge in [0.15, 0.2) is 5.16 Å². The Morgan fingerprint density at radius 2 is 2.16 bits per heavy atom. The van der Waals surface area contributed by atoms with Crippen molar-refractivity contribution in [1.29, 1.82) is 0 Å². The Bertz CT molecular complexity index is 812. The highest BCUT2D eigenvalue weighted by atomic mass is 32.2. The van der Waals surface area contributed by atoms with Crippen LogP contribution in [-0.4, -0.2) is 32.5 Å². The van der Waals surface area contributed by atoms with Crippen molar-refractivity contribution in [3.8, 4) is 0 Å². The van der Waals surface area contributed by atoms with Gasteiger partial charge in [-0.2, -0.15) is 0 Å². The molecule has 0 spiro atoms. The van der Waals surface area contributed by atoms with Crippen LogP contribution in [0.15, 0.2) is 42.1 Å². The molecule has 0 saturated heterocycles. The molecule has 1 amide bonds. The molecule has 1 aliphatic carbocycles. The summed E-state index contributed by atoms with van der Waals surface area (Å²) in [6.07, 6.45) is 5.15. The van der Waals surface area contributed by atoms with E-state index in [1.54, 1.807) is 0 Å². The number of hydrogen-bond acceptors (Lipinski definition) is 4. The Labute approximate surface area is 152 Å². The lowest BCUT2D eigenvalue weighted by Crippen LogP contribution is -2.37. The van der Waals surface area contributed by atoms with E-state index in [1.165, 1.54) is 30.2 Å². The van der Waals surface area contributed by atoms with E-state index in [2.05, 4.69) is 34.3 Å². The van der Waals surface area contributed by atoms with Gasteiger partial charge >= 0.3 is 0 Å². The van der Waals surface area contributed by atoms with Crippen LogP contribution in [0.3, 0.4) is 0 Å². The molecule has 1 aromatic carbocycles. The van der Waals surface area contributed by atoms with Gasteiger partial charge in [0, 0.05) is 24.2 Å². The van der Waals surface area contributed by atoms with E-state index in [-0.39, 0.29) is 11.9 Å². The Kier molecular flexibility index (Phi) is 4.37.